The SMILES string of the molecule is NCCCCC(NC(=O)C(N)Cc1ccc(O)cc1)C(=O)NC(CCCCN)C(=O)N1CCCC1C(=O)O. The molecule has 12 nitrogen and oxygen atoms in total. The zero-order valence-electron chi connectivity index (χ0n) is 21.8. The average molecular weight is 535 g/mol. The summed E-state index contributed by atoms with van der Waals surface area (Å²) < 4.78 is 0. The molecule has 0 saturated carbocycles. The number of carbonyl (C=O) groups excluding carboxylic acids is 3. The molecule has 12 heteroatoms. The highest BCUT2D eigenvalue weighted by molar-refractivity contribution is 5.94. The van der Waals surface area contributed by atoms with Gasteiger partial charge in [-0.2, -0.15) is 0 Å². The molecular formula is C26H42N6O6. The van der Waals surface area contributed by atoms with E-state index in [4.69, 9.17) is 17.2 Å². The van der Waals surface area contributed by atoms with Gasteiger partial charge in [0, 0.05) is 6.54 Å². The number of likely N-dealkylation sites (tertiary alicyclic amines) is 1. The summed E-state index contributed by atoms with van der Waals surface area (Å²) in [6.45, 7) is 1.16. The largest absolute Gasteiger partial charge is 0.508 e. The molecule has 0 aliphatic carbocycles. The fourth-order valence-electron chi connectivity index (χ4n) is 4.53. The molecular weight excluding hydrogens is 492 g/mol. The van der Waals surface area contributed by atoms with Gasteiger partial charge in [-0.25, -0.2) is 4.79 Å². The number of aliphatic carboxylic acids is 1. The van der Waals surface area contributed by atoms with Crippen molar-refractivity contribution in [3.63, 3.8) is 0 Å². The second kappa shape index (κ2) is 15.9. The van der Waals surface area contributed by atoms with Crippen molar-refractivity contribution in [1.29, 1.82) is 0 Å². The van der Waals surface area contributed by atoms with Gasteiger partial charge in [-0.1, -0.05) is 12.1 Å². The average Bonchev–Trinajstić information content (AvgIpc) is 3.39. The number of carbonyl (C=O) groups is 4. The molecule has 2 rings (SSSR count). The van der Waals surface area contributed by atoms with Crippen molar-refractivity contribution in [3.05, 3.63) is 29.8 Å². The zero-order chi connectivity index (χ0) is 28.1. The normalized spacial score (nSPS) is 17.4. The van der Waals surface area contributed by atoms with Gasteiger partial charge < -0.3 is 42.9 Å². The van der Waals surface area contributed by atoms with Crippen LogP contribution in [0.1, 0.15) is 56.9 Å². The Hall–Kier alpha value is -3.22. The molecule has 0 aromatic heterocycles. The lowest BCUT2D eigenvalue weighted by Gasteiger charge is -2.29. The number of phenolic OH excluding ortho intramolecular Hbond substituents is 1. The third-order valence-corrected chi connectivity index (χ3v) is 6.69. The van der Waals surface area contributed by atoms with Crippen LogP contribution in [0.4, 0.5) is 0 Å². The summed E-state index contributed by atoms with van der Waals surface area (Å²) in [7, 11) is 0. The Labute approximate surface area is 223 Å². The molecule has 3 amide bonds. The topological polar surface area (TPSA) is 214 Å². The van der Waals surface area contributed by atoms with Gasteiger partial charge in [0.15, 0.2) is 0 Å². The summed E-state index contributed by atoms with van der Waals surface area (Å²) in [4.78, 5) is 52.5. The van der Waals surface area contributed by atoms with E-state index in [9.17, 15) is 29.4 Å². The van der Waals surface area contributed by atoms with Crippen molar-refractivity contribution >= 4 is 23.7 Å². The Kier molecular flexibility index (Phi) is 13.0. The Morgan fingerprint density at radius 1 is 0.921 bits per heavy atom. The highest BCUT2D eigenvalue weighted by Gasteiger charge is 2.38. The molecule has 1 aromatic rings. The number of amides is 3. The van der Waals surface area contributed by atoms with Crippen LogP contribution in [0.2, 0.25) is 0 Å². The molecule has 1 aliphatic rings. The van der Waals surface area contributed by atoms with Gasteiger partial charge in [0.2, 0.25) is 17.7 Å². The Bertz CT molecular complexity index is 927. The van der Waals surface area contributed by atoms with E-state index >= 15 is 0 Å². The summed E-state index contributed by atoms with van der Waals surface area (Å²) in [5.74, 6) is -2.48. The van der Waals surface area contributed by atoms with E-state index in [0.717, 1.165) is 5.56 Å². The maximum absolute atomic E-state index is 13.3. The van der Waals surface area contributed by atoms with Crippen molar-refractivity contribution in [3.8, 4) is 5.75 Å². The van der Waals surface area contributed by atoms with Crippen molar-refractivity contribution in [2.24, 2.45) is 17.2 Å². The lowest BCUT2D eigenvalue weighted by atomic mass is 10.0. The molecule has 1 aromatic carbocycles. The molecule has 1 heterocycles. The third-order valence-electron chi connectivity index (χ3n) is 6.69. The summed E-state index contributed by atoms with van der Waals surface area (Å²) >= 11 is 0. The quantitative estimate of drug-likeness (QED) is 0.137. The summed E-state index contributed by atoms with van der Waals surface area (Å²) in [6.07, 6.45) is 4.16. The number of unbranched alkanes of at least 4 members (excludes halogenated alkanes) is 2. The second-order valence-electron chi connectivity index (χ2n) is 9.70. The van der Waals surface area contributed by atoms with Crippen molar-refractivity contribution in [1.82, 2.24) is 15.5 Å². The van der Waals surface area contributed by atoms with Crippen LogP contribution in [0.15, 0.2) is 24.3 Å². The summed E-state index contributed by atoms with van der Waals surface area (Å²) in [5, 5.41) is 24.4. The fourth-order valence-corrected chi connectivity index (χ4v) is 4.53. The van der Waals surface area contributed by atoms with Crippen LogP contribution in [0, 0.1) is 0 Å². The maximum atomic E-state index is 13.3. The van der Waals surface area contributed by atoms with E-state index in [-0.39, 0.29) is 12.2 Å². The van der Waals surface area contributed by atoms with E-state index in [1.54, 1.807) is 12.1 Å². The van der Waals surface area contributed by atoms with Gasteiger partial charge in [-0.05, 0) is 88.6 Å². The minimum atomic E-state index is -1.07. The van der Waals surface area contributed by atoms with E-state index in [2.05, 4.69) is 10.6 Å². The first-order valence-corrected chi connectivity index (χ1v) is 13.3. The Balaban J connectivity index is 2.12. The van der Waals surface area contributed by atoms with E-state index in [1.807, 2.05) is 0 Å². The Morgan fingerprint density at radius 2 is 1.50 bits per heavy atom. The van der Waals surface area contributed by atoms with Gasteiger partial charge >= 0.3 is 5.97 Å². The molecule has 1 aliphatic heterocycles. The monoisotopic (exact) mass is 534 g/mol. The summed E-state index contributed by atoms with van der Waals surface area (Å²) in [6, 6.07) is 2.58. The molecule has 38 heavy (non-hydrogen) atoms. The maximum Gasteiger partial charge on any atom is 0.326 e. The number of hydrogen-bond donors (Lipinski definition) is 7. The van der Waals surface area contributed by atoms with E-state index < -0.39 is 47.9 Å². The van der Waals surface area contributed by atoms with Crippen LogP contribution >= 0.6 is 0 Å². The number of nitrogens with one attached hydrogen (secondary N) is 2. The van der Waals surface area contributed by atoms with Gasteiger partial charge in [0.05, 0.1) is 6.04 Å². The molecule has 0 bridgehead atoms. The smallest absolute Gasteiger partial charge is 0.326 e. The third kappa shape index (κ3) is 9.58. The molecule has 1 saturated heterocycles. The first-order chi connectivity index (χ1) is 18.2. The van der Waals surface area contributed by atoms with Crippen LogP contribution in [0.5, 0.6) is 5.75 Å². The number of carboxylic acid groups (broad SMARTS) is 1. The number of phenols is 1. The molecule has 10 N–H and O–H groups in total. The lowest BCUT2D eigenvalue weighted by molar-refractivity contribution is -0.149. The minimum Gasteiger partial charge on any atom is -0.508 e. The number of nitrogens with two attached hydrogens (primary N) is 3. The van der Waals surface area contributed by atoms with Gasteiger partial charge in [0.25, 0.3) is 0 Å². The predicted molar refractivity (Wildman–Crippen MR) is 142 cm³/mol. The van der Waals surface area contributed by atoms with Crippen LogP contribution in [-0.2, 0) is 25.6 Å². The fraction of sp³-hybridized carbons (Fsp3) is 0.615. The summed E-state index contributed by atoms with van der Waals surface area (Å²) in [5.41, 5.74) is 18.0. The molecule has 1 fully saturated rings. The highest BCUT2D eigenvalue weighted by Crippen LogP contribution is 2.20. The zero-order valence-corrected chi connectivity index (χ0v) is 21.8. The van der Waals surface area contributed by atoms with Crippen molar-refractivity contribution in [2.75, 3.05) is 19.6 Å². The van der Waals surface area contributed by atoms with E-state index in [1.165, 1.54) is 17.0 Å². The minimum absolute atomic E-state index is 0.0996. The van der Waals surface area contributed by atoms with Crippen LogP contribution in [0.3, 0.4) is 0 Å². The number of carboxylic acids is 1. The molecule has 0 radical (unpaired) electrons. The number of aromatic hydroxyl groups is 1. The van der Waals surface area contributed by atoms with Crippen LogP contribution < -0.4 is 27.8 Å². The standard InChI is InChI=1S/C26H42N6O6/c27-13-3-1-6-20(30-23(34)19(29)16-17-9-11-18(33)12-10-17)24(35)31-21(7-2-4-14-28)25(36)32-15-5-8-22(32)26(37)38/h9-12,19-22,33H,1-8,13-16,27-29H2,(H,30,34)(H,31,35)(H,37,38). The van der Waals surface area contributed by atoms with Crippen molar-refractivity contribution < 1.29 is 29.4 Å². The number of hydrogen-bond acceptors (Lipinski definition) is 8. The predicted octanol–water partition coefficient (Wildman–Crippen LogP) is -0.435. The molecule has 4 atom stereocenters. The lowest BCUT2D eigenvalue weighted by Crippen LogP contribution is -2.57. The van der Waals surface area contributed by atoms with Crippen LogP contribution in [0.25, 0.3) is 0 Å². The molecule has 0 spiro atoms. The molecule has 4 unspecified atom stereocenters. The first kappa shape index (κ1) is 31.0. The number of rotatable bonds is 16. The Morgan fingerprint density at radius 3 is 2.08 bits per heavy atom. The highest BCUT2D eigenvalue weighted by atomic mass is 16.4. The van der Waals surface area contributed by atoms with Gasteiger partial charge in [-0.3, -0.25) is 14.4 Å². The van der Waals surface area contributed by atoms with E-state index in [0.29, 0.717) is 71.0 Å². The second-order valence-corrected chi connectivity index (χ2v) is 9.70. The molecule has 212 valence electrons. The van der Waals surface area contributed by atoms with Gasteiger partial charge in [0.1, 0.15) is 23.9 Å². The number of benzene rings is 1. The van der Waals surface area contributed by atoms with Crippen molar-refractivity contribution in [2.45, 2.75) is 82.0 Å². The van der Waals surface area contributed by atoms with Crippen LogP contribution in [-0.4, -0.2) is 82.6 Å². The number of nitrogens with zero attached hydrogens (tertiary/aromatic N) is 1. The first-order valence-electron chi connectivity index (χ1n) is 13.3. The van der Waals surface area contributed by atoms with Gasteiger partial charge in [-0.15, -0.1) is 0 Å².